The Bertz CT molecular complexity index is 139. The second kappa shape index (κ2) is 6.50. The first-order valence-corrected chi connectivity index (χ1v) is 3.75. The average Bonchev–Trinajstić information content (AvgIpc) is 1.89. The Morgan fingerprint density at radius 2 is 2.40 bits per heavy atom. The third-order valence-electron chi connectivity index (χ3n) is 0.930. The lowest BCUT2D eigenvalue weighted by molar-refractivity contribution is -0.120. The highest BCUT2D eigenvalue weighted by Crippen LogP contribution is 1.82. The fourth-order valence-electron chi connectivity index (χ4n) is 0.464. The zero-order chi connectivity index (χ0) is 7.82. The minimum atomic E-state index is 0.0188. The summed E-state index contributed by atoms with van der Waals surface area (Å²) in [5, 5.41) is 2.65. The smallest absolute Gasteiger partial charge is 0.220 e. The van der Waals surface area contributed by atoms with Gasteiger partial charge in [-0.15, -0.1) is 12.3 Å². The van der Waals surface area contributed by atoms with Crippen LogP contribution in [0.4, 0.5) is 0 Å². The molecule has 1 amide bonds. The predicted molar refractivity (Wildman–Crippen MR) is 44.9 cm³/mol. The zero-order valence-corrected chi connectivity index (χ0v) is 6.66. The summed E-state index contributed by atoms with van der Waals surface area (Å²) in [4.78, 5) is 10.7. The van der Waals surface area contributed by atoms with Crippen LogP contribution in [-0.4, -0.2) is 18.2 Å². The summed E-state index contributed by atoms with van der Waals surface area (Å²) >= 11 is 3.90. The van der Waals surface area contributed by atoms with Gasteiger partial charge in [0.2, 0.25) is 5.91 Å². The normalized spacial score (nSPS) is 8.40. The number of nitrogens with one attached hydrogen (secondary N) is 1. The van der Waals surface area contributed by atoms with Crippen molar-refractivity contribution in [3.05, 3.63) is 0 Å². The van der Waals surface area contributed by atoms with E-state index < -0.39 is 0 Å². The topological polar surface area (TPSA) is 29.1 Å². The van der Waals surface area contributed by atoms with Crippen molar-refractivity contribution in [2.45, 2.75) is 12.8 Å². The Balaban J connectivity index is 3.15. The monoisotopic (exact) mass is 157 g/mol. The van der Waals surface area contributed by atoms with Gasteiger partial charge in [-0.1, -0.05) is 0 Å². The number of amides is 1. The molecule has 0 saturated carbocycles. The maximum Gasteiger partial charge on any atom is 0.220 e. The van der Waals surface area contributed by atoms with E-state index in [4.69, 9.17) is 6.42 Å². The molecule has 0 aliphatic heterocycles. The molecule has 56 valence electrons. The standard InChI is InChI=1S/C7H11NOS/c1-2-3-5-8-7(9)4-6-10/h1,10H,3-6H2,(H,8,9). The van der Waals surface area contributed by atoms with Crippen molar-refractivity contribution in [1.29, 1.82) is 0 Å². The van der Waals surface area contributed by atoms with Crippen molar-refractivity contribution < 1.29 is 4.79 Å². The number of carbonyl (C=O) groups is 1. The molecular weight excluding hydrogens is 146 g/mol. The largest absolute Gasteiger partial charge is 0.355 e. The van der Waals surface area contributed by atoms with Gasteiger partial charge in [-0.3, -0.25) is 4.79 Å². The highest BCUT2D eigenvalue weighted by Gasteiger charge is 1.95. The van der Waals surface area contributed by atoms with Crippen LogP contribution in [0.1, 0.15) is 12.8 Å². The summed E-state index contributed by atoms with van der Waals surface area (Å²) in [5.74, 6) is 3.04. The number of carbonyl (C=O) groups excluding carboxylic acids is 1. The van der Waals surface area contributed by atoms with E-state index in [2.05, 4.69) is 23.9 Å². The summed E-state index contributed by atoms with van der Waals surface area (Å²) in [5.41, 5.74) is 0. The van der Waals surface area contributed by atoms with Gasteiger partial charge >= 0.3 is 0 Å². The molecule has 0 radical (unpaired) electrons. The molecule has 0 rings (SSSR count). The molecule has 0 spiro atoms. The van der Waals surface area contributed by atoms with E-state index in [0.29, 0.717) is 25.1 Å². The van der Waals surface area contributed by atoms with E-state index in [1.165, 1.54) is 0 Å². The van der Waals surface area contributed by atoms with E-state index in [1.807, 2.05) is 0 Å². The van der Waals surface area contributed by atoms with Crippen LogP contribution in [-0.2, 0) is 4.79 Å². The number of thiol groups is 1. The van der Waals surface area contributed by atoms with Gasteiger partial charge in [0, 0.05) is 19.4 Å². The van der Waals surface area contributed by atoms with Crippen LogP contribution in [0.5, 0.6) is 0 Å². The van der Waals surface area contributed by atoms with Crippen LogP contribution in [0, 0.1) is 12.3 Å². The molecule has 0 aliphatic rings. The predicted octanol–water partition coefficient (Wildman–Crippen LogP) is 0.446. The fourth-order valence-corrected chi connectivity index (χ4v) is 0.667. The Labute approximate surface area is 66.8 Å². The highest BCUT2D eigenvalue weighted by molar-refractivity contribution is 7.80. The van der Waals surface area contributed by atoms with Gasteiger partial charge in [0.05, 0.1) is 0 Å². The van der Waals surface area contributed by atoms with Gasteiger partial charge in [-0.05, 0) is 5.75 Å². The van der Waals surface area contributed by atoms with Crippen molar-refractivity contribution in [3.8, 4) is 12.3 Å². The molecule has 0 atom stereocenters. The summed E-state index contributed by atoms with van der Waals surface area (Å²) in [6, 6.07) is 0. The first-order valence-electron chi connectivity index (χ1n) is 3.12. The highest BCUT2D eigenvalue weighted by atomic mass is 32.1. The van der Waals surface area contributed by atoms with Gasteiger partial charge in [-0.25, -0.2) is 0 Å². The molecule has 0 saturated heterocycles. The molecule has 0 unspecified atom stereocenters. The number of terminal acetylenes is 1. The summed E-state index contributed by atoms with van der Waals surface area (Å²) in [6.07, 6.45) is 6.03. The lowest BCUT2D eigenvalue weighted by atomic mass is 10.4. The first-order chi connectivity index (χ1) is 4.81. The van der Waals surface area contributed by atoms with Crippen LogP contribution in [0.15, 0.2) is 0 Å². The van der Waals surface area contributed by atoms with Crippen molar-refractivity contribution >= 4 is 18.5 Å². The second-order valence-electron chi connectivity index (χ2n) is 1.78. The quantitative estimate of drug-likeness (QED) is 0.346. The second-order valence-corrected chi connectivity index (χ2v) is 2.22. The molecular formula is C7H11NOS. The Morgan fingerprint density at radius 3 is 2.90 bits per heavy atom. The summed E-state index contributed by atoms with van der Waals surface area (Å²) in [7, 11) is 0. The van der Waals surface area contributed by atoms with Crippen LogP contribution in [0.2, 0.25) is 0 Å². The van der Waals surface area contributed by atoms with Crippen molar-refractivity contribution in [2.75, 3.05) is 12.3 Å². The molecule has 0 fully saturated rings. The maximum atomic E-state index is 10.7. The van der Waals surface area contributed by atoms with Gasteiger partial charge in [0.15, 0.2) is 0 Å². The van der Waals surface area contributed by atoms with E-state index >= 15 is 0 Å². The molecule has 0 heterocycles. The SMILES string of the molecule is C#CCCNC(=O)CCS. The molecule has 0 aromatic carbocycles. The lowest BCUT2D eigenvalue weighted by Gasteiger charge is -1.98. The van der Waals surface area contributed by atoms with Gasteiger partial charge in [0.25, 0.3) is 0 Å². The Kier molecular flexibility index (Phi) is 6.10. The van der Waals surface area contributed by atoms with Crippen LogP contribution >= 0.6 is 12.6 Å². The van der Waals surface area contributed by atoms with Crippen molar-refractivity contribution in [1.82, 2.24) is 5.32 Å². The molecule has 0 aromatic heterocycles. The molecule has 0 bridgehead atoms. The van der Waals surface area contributed by atoms with Crippen molar-refractivity contribution in [3.63, 3.8) is 0 Å². The van der Waals surface area contributed by atoms with E-state index in [1.54, 1.807) is 0 Å². The fraction of sp³-hybridized carbons (Fsp3) is 0.571. The molecule has 0 aromatic rings. The maximum absolute atomic E-state index is 10.7. The van der Waals surface area contributed by atoms with Crippen LogP contribution in [0.25, 0.3) is 0 Å². The molecule has 0 aliphatic carbocycles. The third kappa shape index (κ3) is 5.52. The Hall–Kier alpha value is -0.620. The summed E-state index contributed by atoms with van der Waals surface area (Å²) in [6.45, 7) is 0.573. The molecule has 3 heteroatoms. The molecule has 10 heavy (non-hydrogen) atoms. The van der Waals surface area contributed by atoms with E-state index in [0.717, 1.165) is 0 Å². The first kappa shape index (κ1) is 9.38. The van der Waals surface area contributed by atoms with E-state index in [9.17, 15) is 4.79 Å². The van der Waals surface area contributed by atoms with E-state index in [-0.39, 0.29) is 5.91 Å². The average molecular weight is 157 g/mol. The van der Waals surface area contributed by atoms with Gasteiger partial charge in [0.1, 0.15) is 0 Å². The third-order valence-corrected chi connectivity index (χ3v) is 1.15. The number of rotatable bonds is 4. The Morgan fingerprint density at radius 1 is 1.70 bits per heavy atom. The van der Waals surface area contributed by atoms with Crippen LogP contribution in [0.3, 0.4) is 0 Å². The summed E-state index contributed by atoms with van der Waals surface area (Å²) < 4.78 is 0. The van der Waals surface area contributed by atoms with Gasteiger partial charge < -0.3 is 5.32 Å². The molecule has 1 N–H and O–H groups in total. The minimum absolute atomic E-state index is 0.0188. The van der Waals surface area contributed by atoms with Crippen LogP contribution < -0.4 is 5.32 Å². The van der Waals surface area contributed by atoms with Gasteiger partial charge in [-0.2, -0.15) is 12.6 Å². The lowest BCUT2D eigenvalue weighted by Crippen LogP contribution is -2.24. The molecule has 2 nitrogen and oxygen atoms in total. The number of hydrogen-bond acceptors (Lipinski definition) is 2. The zero-order valence-electron chi connectivity index (χ0n) is 5.76. The van der Waals surface area contributed by atoms with Crippen molar-refractivity contribution in [2.24, 2.45) is 0 Å². The minimum Gasteiger partial charge on any atom is -0.355 e. The number of hydrogen-bond donors (Lipinski definition) is 2.